The van der Waals surface area contributed by atoms with Crippen molar-refractivity contribution in [3.8, 4) is 11.6 Å². The molecule has 4 heteroatoms. The third kappa shape index (κ3) is 2.83. The number of halogens is 1. The lowest BCUT2D eigenvalue weighted by atomic mass is 10.0. The Bertz CT molecular complexity index is 617. The maximum absolute atomic E-state index is 6.14. The Kier molecular flexibility index (Phi) is 4.39. The summed E-state index contributed by atoms with van der Waals surface area (Å²) >= 11 is 6.02. The number of aromatic nitrogens is 2. The first-order chi connectivity index (χ1) is 9.43. The molecule has 0 aliphatic rings. The monoisotopic (exact) mass is 292 g/mol. The van der Waals surface area contributed by atoms with Gasteiger partial charge in [-0.2, -0.15) is 5.10 Å². The van der Waals surface area contributed by atoms with E-state index in [9.17, 15) is 0 Å². The molecular weight excluding hydrogens is 272 g/mol. The zero-order chi connectivity index (χ0) is 14.9. The molecule has 0 atom stereocenters. The largest absolute Gasteiger partial charge is 0.439 e. The van der Waals surface area contributed by atoms with E-state index >= 15 is 0 Å². The Morgan fingerprint density at radius 2 is 2.00 bits per heavy atom. The second kappa shape index (κ2) is 5.88. The van der Waals surface area contributed by atoms with Gasteiger partial charge in [-0.15, -0.1) is 11.6 Å². The molecule has 2 rings (SSSR count). The Hall–Kier alpha value is -1.48. The number of nitrogens with zero attached hydrogens (tertiary/aromatic N) is 2. The van der Waals surface area contributed by atoms with Crippen LogP contribution >= 0.6 is 11.6 Å². The third-order valence-electron chi connectivity index (χ3n) is 3.42. The fourth-order valence-corrected chi connectivity index (χ4v) is 2.58. The van der Waals surface area contributed by atoms with Gasteiger partial charge in [0, 0.05) is 7.05 Å². The molecule has 1 aromatic heterocycles. The van der Waals surface area contributed by atoms with Gasteiger partial charge in [0.2, 0.25) is 5.88 Å². The molecule has 0 fully saturated rings. The van der Waals surface area contributed by atoms with Crippen LogP contribution in [0.1, 0.15) is 42.1 Å². The van der Waals surface area contributed by atoms with Gasteiger partial charge < -0.3 is 4.74 Å². The Labute approximate surface area is 125 Å². The molecule has 0 unspecified atom stereocenters. The number of rotatable bonds is 4. The Morgan fingerprint density at radius 3 is 2.60 bits per heavy atom. The van der Waals surface area contributed by atoms with Gasteiger partial charge in [-0.1, -0.05) is 26.0 Å². The van der Waals surface area contributed by atoms with E-state index < -0.39 is 0 Å². The zero-order valence-corrected chi connectivity index (χ0v) is 13.5. The third-order valence-corrected chi connectivity index (χ3v) is 3.69. The van der Waals surface area contributed by atoms with E-state index in [0.717, 1.165) is 22.9 Å². The van der Waals surface area contributed by atoms with Crippen molar-refractivity contribution in [3.05, 3.63) is 40.6 Å². The quantitative estimate of drug-likeness (QED) is 0.764. The van der Waals surface area contributed by atoms with Crippen molar-refractivity contribution in [2.45, 2.75) is 39.5 Å². The molecule has 0 amide bonds. The van der Waals surface area contributed by atoms with Crippen molar-refractivity contribution in [1.29, 1.82) is 0 Å². The standard InChI is InChI=1S/C16H21ClN2O/c1-10(2)13-7-6-11(3)8-15(13)20-16-14(9-17)12(4)18-19(16)5/h6-8,10H,9H2,1-5H3. The van der Waals surface area contributed by atoms with Gasteiger partial charge in [0.15, 0.2) is 0 Å². The predicted octanol–water partition coefficient (Wildman–Crippen LogP) is 4.69. The van der Waals surface area contributed by atoms with E-state index in [2.05, 4.69) is 44.1 Å². The Balaban J connectivity index is 2.47. The molecule has 1 aromatic carbocycles. The first-order valence-corrected chi connectivity index (χ1v) is 7.34. The lowest BCUT2D eigenvalue weighted by Crippen LogP contribution is -2.00. The lowest BCUT2D eigenvalue weighted by molar-refractivity contribution is 0.420. The smallest absolute Gasteiger partial charge is 0.222 e. The fourth-order valence-electron chi connectivity index (χ4n) is 2.27. The normalized spacial score (nSPS) is 11.2. The summed E-state index contributed by atoms with van der Waals surface area (Å²) in [6.45, 7) is 8.33. The highest BCUT2D eigenvalue weighted by Gasteiger charge is 2.17. The molecule has 1 heterocycles. The highest BCUT2D eigenvalue weighted by atomic mass is 35.5. The van der Waals surface area contributed by atoms with Crippen molar-refractivity contribution in [3.63, 3.8) is 0 Å². The zero-order valence-electron chi connectivity index (χ0n) is 12.7. The van der Waals surface area contributed by atoms with E-state index in [1.54, 1.807) is 4.68 Å². The van der Waals surface area contributed by atoms with Gasteiger partial charge in [0.05, 0.1) is 17.1 Å². The van der Waals surface area contributed by atoms with Crippen LogP contribution in [0.4, 0.5) is 0 Å². The molecule has 3 nitrogen and oxygen atoms in total. The van der Waals surface area contributed by atoms with Crippen molar-refractivity contribution < 1.29 is 4.74 Å². The van der Waals surface area contributed by atoms with Crippen LogP contribution < -0.4 is 4.74 Å². The maximum atomic E-state index is 6.14. The molecule has 0 radical (unpaired) electrons. The van der Waals surface area contributed by atoms with Crippen LogP contribution in [-0.2, 0) is 12.9 Å². The number of aryl methyl sites for hydroxylation is 3. The molecule has 0 aliphatic heterocycles. The van der Waals surface area contributed by atoms with Crippen LogP contribution in [0, 0.1) is 13.8 Å². The lowest BCUT2D eigenvalue weighted by Gasteiger charge is -2.15. The molecule has 0 spiro atoms. The molecule has 0 N–H and O–H groups in total. The van der Waals surface area contributed by atoms with Gasteiger partial charge in [-0.25, -0.2) is 4.68 Å². The van der Waals surface area contributed by atoms with Crippen LogP contribution in [0.15, 0.2) is 18.2 Å². The van der Waals surface area contributed by atoms with Crippen LogP contribution in [0.5, 0.6) is 11.6 Å². The van der Waals surface area contributed by atoms with Gasteiger partial charge in [0.1, 0.15) is 5.75 Å². The van der Waals surface area contributed by atoms with E-state index in [4.69, 9.17) is 16.3 Å². The highest BCUT2D eigenvalue weighted by molar-refractivity contribution is 6.17. The molecule has 0 saturated carbocycles. The van der Waals surface area contributed by atoms with E-state index in [1.165, 1.54) is 11.1 Å². The average Bonchev–Trinajstić information content (AvgIpc) is 2.63. The van der Waals surface area contributed by atoms with Crippen molar-refractivity contribution in [1.82, 2.24) is 9.78 Å². The molecular formula is C16H21ClN2O. The molecule has 2 aromatic rings. The summed E-state index contributed by atoms with van der Waals surface area (Å²) in [7, 11) is 1.88. The van der Waals surface area contributed by atoms with Crippen molar-refractivity contribution in [2.75, 3.05) is 0 Å². The van der Waals surface area contributed by atoms with Crippen molar-refractivity contribution in [2.24, 2.45) is 7.05 Å². The average molecular weight is 293 g/mol. The number of ether oxygens (including phenoxy) is 1. The van der Waals surface area contributed by atoms with Gasteiger partial charge in [-0.3, -0.25) is 0 Å². The van der Waals surface area contributed by atoms with Gasteiger partial charge >= 0.3 is 0 Å². The highest BCUT2D eigenvalue weighted by Crippen LogP contribution is 2.34. The molecule has 0 aliphatic carbocycles. The molecule has 0 bridgehead atoms. The number of alkyl halides is 1. The number of hydrogen-bond acceptors (Lipinski definition) is 2. The summed E-state index contributed by atoms with van der Waals surface area (Å²) in [5.74, 6) is 2.41. The second-order valence-corrected chi connectivity index (χ2v) is 5.69. The number of benzene rings is 1. The molecule has 20 heavy (non-hydrogen) atoms. The van der Waals surface area contributed by atoms with Crippen LogP contribution in [-0.4, -0.2) is 9.78 Å². The summed E-state index contributed by atoms with van der Waals surface area (Å²) in [6.07, 6.45) is 0. The molecule has 108 valence electrons. The summed E-state index contributed by atoms with van der Waals surface area (Å²) in [5.41, 5.74) is 4.23. The number of hydrogen-bond donors (Lipinski definition) is 0. The summed E-state index contributed by atoms with van der Waals surface area (Å²) < 4.78 is 7.89. The Morgan fingerprint density at radius 1 is 1.30 bits per heavy atom. The van der Waals surface area contributed by atoms with Crippen molar-refractivity contribution >= 4 is 11.6 Å². The van der Waals surface area contributed by atoms with Gasteiger partial charge in [-0.05, 0) is 37.0 Å². The minimum atomic E-state index is 0.401. The summed E-state index contributed by atoms with van der Waals surface area (Å²) in [4.78, 5) is 0. The van der Waals surface area contributed by atoms with Crippen LogP contribution in [0.3, 0.4) is 0 Å². The van der Waals surface area contributed by atoms with Crippen LogP contribution in [0.25, 0.3) is 0 Å². The first kappa shape index (κ1) is 14.9. The maximum Gasteiger partial charge on any atom is 0.222 e. The predicted molar refractivity (Wildman–Crippen MR) is 82.8 cm³/mol. The minimum Gasteiger partial charge on any atom is -0.439 e. The SMILES string of the molecule is Cc1ccc(C(C)C)c(Oc2c(CCl)c(C)nn2C)c1. The summed E-state index contributed by atoms with van der Waals surface area (Å²) in [6, 6.07) is 6.30. The second-order valence-electron chi connectivity index (χ2n) is 5.42. The topological polar surface area (TPSA) is 27.1 Å². The van der Waals surface area contributed by atoms with Crippen LogP contribution in [0.2, 0.25) is 0 Å². The summed E-state index contributed by atoms with van der Waals surface area (Å²) in [5, 5.41) is 4.38. The van der Waals surface area contributed by atoms with E-state index in [-0.39, 0.29) is 0 Å². The van der Waals surface area contributed by atoms with Gasteiger partial charge in [0.25, 0.3) is 0 Å². The fraction of sp³-hybridized carbons (Fsp3) is 0.438. The first-order valence-electron chi connectivity index (χ1n) is 6.80. The molecule has 0 saturated heterocycles. The van der Waals surface area contributed by atoms with E-state index in [1.807, 2.05) is 14.0 Å². The van der Waals surface area contributed by atoms with E-state index in [0.29, 0.717) is 11.8 Å². The minimum absolute atomic E-state index is 0.401.